The largest absolute Gasteiger partial charge is 0.487 e. The molecule has 0 spiro atoms. The molecule has 0 unspecified atom stereocenters. The second-order valence-electron chi connectivity index (χ2n) is 12.0. The molecule has 3 aromatic carbocycles. The average Bonchev–Trinajstić information content (AvgIpc) is 3.85. The van der Waals surface area contributed by atoms with Crippen LogP contribution in [0, 0.1) is 0 Å². The Bertz CT molecular complexity index is 1760. The molecule has 1 saturated heterocycles. The van der Waals surface area contributed by atoms with Gasteiger partial charge in [0.25, 0.3) is 17.7 Å². The number of benzene rings is 3. The summed E-state index contributed by atoms with van der Waals surface area (Å²) >= 11 is 0. The molecule has 2 N–H and O–H groups in total. The fraction of sp³-hybridized carbons (Fsp3) is 0.364. The van der Waals surface area contributed by atoms with Crippen molar-refractivity contribution in [1.29, 1.82) is 0 Å². The number of amides is 3. The van der Waals surface area contributed by atoms with Crippen LogP contribution in [0.25, 0.3) is 0 Å². The van der Waals surface area contributed by atoms with Crippen molar-refractivity contribution < 1.29 is 32.3 Å². The molecule has 4 aliphatic heterocycles. The highest BCUT2D eigenvalue weighted by Gasteiger charge is 2.47. The van der Waals surface area contributed by atoms with E-state index in [1.165, 1.54) is 22.0 Å². The molecule has 3 aromatic rings. The third-order valence-electron chi connectivity index (χ3n) is 8.76. The third-order valence-corrected chi connectivity index (χ3v) is 11.1. The molecule has 11 nitrogen and oxygen atoms in total. The number of ether oxygens (including phenoxy) is 2. The standard InChI is InChI=1S/C33H34N4O7S/c38-31-20-43-27-14-24(13-25(15-27)33(40)36-12-11-22-3-1-2-4-23(22)17-36)32(39)35-29-18-37(45(41,42)28-9-10-28)19-30(29)44-26-7-5-21(6-8-26)16-34-31/h1-8,13-15,28-30H,9-12,16-20H2,(H,34,38)(H,35,39)/t29-,30-/m0/s1. The quantitative estimate of drug-likeness (QED) is 0.454. The van der Waals surface area contributed by atoms with E-state index in [1.807, 2.05) is 30.3 Å². The van der Waals surface area contributed by atoms with Gasteiger partial charge < -0.3 is 25.0 Å². The van der Waals surface area contributed by atoms with E-state index < -0.39 is 33.3 Å². The van der Waals surface area contributed by atoms with Crippen LogP contribution in [0.5, 0.6) is 11.5 Å². The first kappa shape index (κ1) is 29.3. The molecule has 8 rings (SSSR count). The van der Waals surface area contributed by atoms with Crippen molar-refractivity contribution in [3.8, 4) is 11.5 Å². The summed E-state index contributed by atoms with van der Waals surface area (Å²) in [7, 11) is -3.51. The predicted octanol–water partition coefficient (Wildman–Crippen LogP) is 2.25. The summed E-state index contributed by atoms with van der Waals surface area (Å²) in [6.07, 6.45) is 1.34. The van der Waals surface area contributed by atoms with Crippen molar-refractivity contribution in [3.63, 3.8) is 0 Å². The van der Waals surface area contributed by atoms with Crippen LogP contribution in [0.4, 0.5) is 0 Å². The van der Waals surface area contributed by atoms with E-state index in [2.05, 4.69) is 16.7 Å². The summed E-state index contributed by atoms with van der Waals surface area (Å²) in [5.74, 6) is -0.410. The van der Waals surface area contributed by atoms with Gasteiger partial charge in [0.2, 0.25) is 10.0 Å². The van der Waals surface area contributed by atoms with Gasteiger partial charge >= 0.3 is 0 Å². The van der Waals surface area contributed by atoms with Gasteiger partial charge in [-0.05, 0) is 66.3 Å². The van der Waals surface area contributed by atoms with Crippen LogP contribution in [0.3, 0.4) is 0 Å². The Balaban J connectivity index is 1.19. The summed E-state index contributed by atoms with van der Waals surface area (Å²) in [6.45, 7) is 1.09. The zero-order chi connectivity index (χ0) is 31.1. The molecule has 2 atom stereocenters. The average molecular weight is 631 g/mol. The maximum Gasteiger partial charge on any atom is 0.258 e. The Hall–Kier alpha value is -4.42. The van der Waals surface area contributed by atoms with E-state index in [0.717, 1.165) is 17.5 Å². The fourth-order valence-corrected chi connectivity index (χ4v) is 7.96. The van der Waals surface area contributed by atoms with Crippen molar-refractivity contribution in [3.05, 3.63) is 94.5 Å². The molecule has 4 heterocycles. The summed E-state index contributed by atoms with van der Waals surface area (Å²) in [6, 6.07) is 19.0. The SMILES string of the molecule is O=C1COc2cc(cc(C(=O)N3CCc4ccccc4C3)c2)C(=O)N[C@H]2CN(S(=O)(=O)C3CC3)C[C@@H]2Oc2ccc(cc2)CN1. The normalized spacial score (nSPS) is 22.3. The number of sulfonamides is 1. The van der Waals surface area contributed by atoms with Crippen LogP contribution in [-0.2, 0) is 34.3 Å². The van der Waals surface area contributed by atoms with Gasteiger partial charge in [-0.3, -0.25) is 14.4 Å². The lowest BCUT2D eigenvalue weighted by molar-refractivity contribution is -0.123. The van der Waals surface area contributed by atoms with Crippen LogP contribution in [0.1, 0.15) is 50.2 Å². The van der Waals surface area contributed by atoms with Gasteiger partial charge in [-0.2, -0.15) is 4.31 Å². The van der Waals surface area contributed by atoms with Crippen LogP contribution in [0.15, 0.2) is 66.7 Å². The summed E-state index contributed by atoms with van der Waals surface area (Å²) in [5.41, 5.74) is 3.53. The Labute approximate surface area is 261 Å². The monoisotopic (exact) mass is 630 g/mol. The van der Waals surface area contributed by atoms with Crippen LogP contribution in [-0.4, -0.2) is 79.0 Å². The van der Waals surface area contributed by atoms with Gasteiger partial charge in [-0.15, -0.1) is 0 Å². The Morgan fingerprint density at radius 3 is 2.47 bits per heavy atom. The highest BCUT2D eigenvalue weighted by atomic mass is 32.2. The van der Waals surface area contributed by atoms with Crippen LogP contribution < -0.4 is 20.1 Å². The summed E-state index contributed by atoms with van der Waals surface area (Å²) in [4.78, 5) is 41.9. The summed E-state index contributed by atoms with van der Waals surface area (Å²) < 4.78 is 39.7. The lowest BCUT2D eigenvalue weighted by atomic mass is 9.99. The Morgan fingerprint density at radius 2 is 1.69 bits per heavy atom. The lowest BCUT2D eigenvalue weighted by Crippen LogP contribution is -2.45. The zero-order valence-corrected chi connectivity index (χ0v) is 25.4. The molecule has 4 bridgehead atoms. The minimum absolute atomic E-state index is 0.0703. The molecular weight excluding hydrogens is 596 g/mol. The second kappa shape index (κ2) is 11.8. The molecule has 3 amide bonds. The number of hydrogen-bond donors (Lipinski definition) is 2. The number of carbonyl (C=O) groups excluding carboxylic acids is 3. The first-order valence-electron chi connectivity index (χ1n) is 15.2. The van der Waals surface area contributed by atoms with Gasteiger partial charge in [0.1, 0.15) is 17.6 Å². The number of fused-ring (bicyclic) bond motifs is 8. The smallest absolute Gasteiger partial charge is 0.258 e. The Kier molecular flexibility index (Phi) is 7.70. The summed E-state index contributed by atoms with van der Waals surface area (Å²) in [5, 5.41) is 5.39. The molecule has 45 heavy (non-hydrogen) atoms. The molecule has 234 valence electrons. The van der Waals surface area contributed by atoms with Crippen molar-refractivity contribution in [1.82, 2.24) is 19.8 Å². The maximum absolute atomic E-state index is 13.8. The number of hydrogen-bond acceptors (Lipinski definition) is 7. The van der Waals surface area contributed by atoms with Gasteiger partial charge in [-0.1, -0.05) is 36.4 Å². The molecule has 0 radical (unpaired) electrons. The van der Waals surface area contributed by atoms with E-state index in [0.29, 0.717) is 31.7 Å². The zero-order valence-electron chi connectivity index (χ0n) is 24.6. The van der Waals surface area contributed by atoms with Crippen molar-refractivity contribution in [2.24, 2.45) is 0 Å². The Morgan fingerprint density at radius 1 is 0.911 bits per heavy atom. The molecule has 2 fully saturated rings. The molecule has 0 aromatic heterocycles. The minimum atomic E-state index is -3.51. The van der Waals surface area contributed by atoms with Crippen LogP contribution >= 0.6 is 0 Å². The highest BCUT2D eigenvalue weighted by Crippen LogP contribution is 2.34. The van der Waals surface area contributed by atoms with E-state index >= 15 is 0 Å². The van der Waals surface area contributed by atoms with Gasteiger partial charge in [0, 0.05) is 37.3 Å². The molecule has 12 heteroatoms. The predicted molar refractivity (Wildman–Crippen MR) is 164 cm³/mol. The fourth-order valence-electron chi connectivity index (χ4n) is 6.08. The molecule has 5 aliphatic rings. The number of nitrogens with zero attached hydrogens (tertiary/aromatic N) is 2. The molecular formula is C33H34N4O7S. The number of carbonyl (C=O) groups is 3. The van der Waals surface area contributed by atoms with E-state index in [4.69, 9.17) is 9.47 Å². The highest BCUT2D eigenvalue weighted by molar-refractivity contribution is 7.90. The topological polar surface area (TPSA) is 134 Å². The van der Waals surface area contributed by atoms with E-state index in [-0.39, 0.29) is 54.9 Å². The molecule has 1 saturated carbocycles. The first-order chi connectivity index (χ1) is 21.7. The van der Waals surface area contributed by atoms with Gasteiger partial charge in [0.15, 0.2) is 6.61 Å². The lowest BCUT2D eigenvalue weighted by Gasteiger charge is -2.29. The first-order valence-corrected chi connectivity index (χ1v) is 16.7. The minimum Gasteiger partial charge on any atom is -0.487 e. The second-order valence-corrected chi connectivity index (χ2v) is 14.2. The third kappa shape index (κ3) is 6.25. The van der Waals surface area contributed by atoms with E-state index in [1.54, 1.807) is 23.1 Å². The van der Waals surface area contributed by atoms with E-state index in [9.17, 15) is 22.8 Å². The van der Waals surface area contributed by atoms with Crippen LogP contribution in [0.2, 0.25) is 0 Å². The van der Waals surface area contributed by atoms with Crippen molar-refractivity contribution >= 4 is 27.7 Å². The van der Waals surface area contributed by atoms with Gasteiger partial charge in [0.05, 0.1) is 17.8 Å². The van der Waals surface area contributed by atoms with Gasteiger partial charge in [-0.25, -0.2) is 8.42 Å². The molecule has 1 aliphatic carbocycles. The number of nitrogens with one attached hydrogen (secondary N) is 2. The van der Waals surface area contributed by atoms with Crippen molar-refractivity contribution in [2.75, 3.05) is 26.2 Å². The number of rotatable bonds is 3. The maximum atomic E-state index is 13.8. The van der Waals surface area contributed by atoms with Crippen molar-refractivity contribution in [2.45, 2.75) is 49.7 Å².